The quantitative estimate of drug-likeness (QED) is 0.567. The molecule has 178 valence electrons. The van der Waals surface area contributed by atoms with E-state index in [4.69, 9.17) is 11.6 Å². The molecule has 1 aromatic rings. The van der Waals surface area contributed by atoms with Crippen molar-refractivity contribution in [2.75, 3.05) is 39.3 Å². The number of rotatable bonds is 8. The predicted molar refractivity (Wildman–Crippen MR) is 110 cm³/mol. The zero-order valence-electron chi connectivity index (χ0n) is 17.1. The first-order chi connectivity index (χ1) is 15.0. The van der Waals surface area contributed by atoms with Crippen LogP contribution in [0.4, 0.5) is 13.2 Å². The minimum Gasteiger partial charge on any atom is -0.352 e. The molecular weight excluding hydrogens is 473 g/mol. The minimum atomic E-state index is -4.79. The molecule has 1 aromatic carbocycles. The van der Waals surface area contributed by atoms with Crippen molar-refractivity contribution in [1.82, 2.24) is 19.8 Å². The molecule has 2 fully saturated rings. The first-order valence-corrected chi connectivity index (χ1v) is 12.0. The van der Waals surface area contributed by atoms with Gasteiger partial charge in [0, 0.05) is 45.2 Å². The van der Waals surface area contributed by atoms with Crippen molar-refractivity contribution in [3.63, 3.8) is 0 Å². The first kappa shape index (κ1) is 24.7. The normalized spacial score (nSPS) is 17.9. The van der Waals surface area contributed by atoms with Gasteiger partial charge in [-0.15, -0.1) is 0 Å². The molecule has 0 unspecified atom stereocenters. The third-order valence-corrected chi connectivity index (χ3v) is 7.01. The molecule has 1 saturated carbocycles. The van der Waals surface area contributed by atoms with Gasteiger partial charge >= 0.3 is 6.18 Å². The fourth-order valence-corrected chi connectivity index (χ4v) is 4.56. The standard InChI is InChI=1S/C19H24ClF3N4O4S/c20-16-4-3-14(11-15(16)19(21,22)23)32(30,31)24-6-5-18(29)27-9-7-26(8-10-27)12-17(28)25-13-1-2-13/h3-4,11,13,24H,1-2,5-10,12H2,(H,25,28). The fourth-order valence-electron chi connectivity index (χ4n) is 3.28. The first-order valence-electron chi connectivity index (χ1n) is 10.1. The zero-order chi connectivity index (χ0) is 23.5. The summed E-state index contributed by atoms with van der Waals surface area (Å²) in [5, 5.41) is 2.31. The maximum absolute atomic E-state index is 13.0. The molecule has 1 aliphatic heterocycles. The molecule has 2 aliphatic rings. The van der Waals surface area contributed by atoms with Crippen molar-refractivity contribution >= 4 is 33.4 Å². The lowest BCUT2D eigenvalue weighted by Gasteiger charge is -2.34. The van der Waals surface area contributed by atoms with Gasteiger partial charge in [-0.25, -0.2) is 13.1 Å². The second-order valence-corrected chi connectivity index (χ2v) is 9.96. The summed E-state index contributed by atoms with van der Waals surface area (Å²) in [6.45, 7) is 1.90. The molecule has 3 rings (SSSR count). The number of nitrogens with one attached hydrogen (secondary N) is 2. The Kier molecular flexibility index (Phi) is 7.69. The van der Waals surface area contributed by atoms with Crippen LogP contribution < -0.4 is 10.0 Å². The number of carbonyl (C=O) groups is 2. The molecule has 13 heteroatoms. The van der Waals surface area contributed by atoms with Crippen LogP contribution in [0.5, 0.6) is 0 Å². The molecule has 0 radical (unpaired) electrons. The van der Waals surface area contributed by atoms with Crippen molar-refractivity contribution in [3.05, 3.63) is 28.8 Å². The van der Waals surface area contributed by atoms with E-state index in [0.29, 0.717) is 38.3 Å². The Labute approximate surface area is 189 Å². The molecule has 0 aromatic heterocycles. The molecule has 1 heterocycles. The van der Waals surface area contributed by atoms with Crippen molar-refractivity contribution in [3.8, 4) is 0 Å². The zero-order valence-corrected chi connectivity index (χ0v) is 18.7. The number of sulfonamides is 1. The SMILES string of the molecule is O=C(CN1CCN(C(=O)CCNS(=O)(=O)c2ccc(Cl)c(C(F)(F)F)c2)CC1)NC1CC1. The van der Waals surface area contributed by atoms with Gasteiger partial charge < -0.3 is 10.2 Å². The fraction of sp³-hybridized carbons (Fsp3) is 0.579. The molecule has 0 atom stereocenters. The van der Waals surface area contributed by atoms with Gasteiger partial charge in [-0.1, -0.05) is 11.6 Å². The Morgan fingerprint density at radius 1 is 1.12 bits per heavy atom. The van der Waals surface area contributed by atoms with E-state index in [0.717, 1.165) is 25.0 Å². The monoisotopic (exact) mass is 496 g/mol. The average Bonchev–Trinajstić information content (AvgIpc) is 3.51. The van der Waals surface area contributed by atoms with Crippen LogP contribution in [0.3, 0.4) is 0 Å². The van der Waals surface area contributed by atoms with E-state index in [1.807, 2.05) is 4.90 Å². The highest BCUT2D eigenvalue weighted by Crippen LogP contribution is 2.35. The maximum atomic E-state index is 13.0. The van der Waals surface area contributed by atoms with Gasteiger partial charge in [0.25, 0.3) is 0 Å². The summed E-state index contributed by atoms with van der Waals surface area (Å²) < 4.78 is 65.7. The van der Waals surface area contributed by atoms with Crippen LogP contribution >= 0.6 is 11.6 Å². The summed E-state index contributed by atoms with van der Waals surface area (Å²) in [5.41, 5.74) is -1.25. The number of alkyl halides is 3. The third kappa shape index (κ3) is 6.80. The smallest absolute Gasteiger partial charge is 0.352 e. The third-order valence-electron chi connectivity index (χ3n) is 5.22. The van der Waals surface area contributed by atoms with Gasteiger partial charge in [0.2, 0.25) is 21.8 Å². The Bertz CT molecular complexity index is 962. The van der Waals surface area contributed by atoms with E-state index in [9.17, 15) is 31.2 Å². The van der Waals surface area contributed by atoms with Gasteiger partial charge in [0.15, 0.2) is 0 Å². The van der Waals surface area contributed by atoms with E-state index in [1.165, 1.54) is 0 Å². The van der Waals surface area contributed by atoms with E-state index in [1.54, 1.807) is 4.90 Å². The highest BCUT2D eigenvalue weighted by Gasteiger charge is 2.34. The van der Waals surface area contributed by atoms with Crippen LogP contribution in [0.25, 0.3) is 0 Å². The van der Waals surface area contributed by atoms with Crippen LogP contribution in [0.15, 0.2) is 23.1 Å². The number of amides is 2. The predicted octanol–water partition coefficient (Wildman–Crippen LogP) is 1.45. The van der Waals surface area contributed by atoms with Crippen LogP contribution in [0.1, 0.15) is 24.8 Å². The summed E-state index contributed by atoms with van der Waals surface area (Å²) >= 11 is 5.51. The molecule has 8 nitrogen and oxygen atoms in total. The lowest BCUT2D eigenvalue weighted by molar-refractivity contribution is -0.137. The summed E-state index contributed by atoms with van der Waals surface area (Å²) in [5.74, 6) is -0.306. The molecule has 1 saturated heterocycles. The van der Waals surface area contributed by atoms with E-state index < -0.39 is 31.7 Å². The molecule has 0 bridgehead atoms. The Balaban J connectivity index is 1.45. The molecule has 1 aliphatic carbocycles. The lowest BCUT2D eigenvalue weighted by atomic mass is 10.2. The minimum absolute atomic E-state index is 0.0300. The van der Waals surface area contributed by atoms with E-state index >= 15 is 0 Å². The number of nitrogens with zero attached hydrogens (tertiary/aromatic N) is 2. The Morgan fingerprint density at radius 2 is 1.78 bits per heavy atom. The second kappa shape index (κ2) is 9.94. The van der Waals surface area contributed by atoms with Crippen molar-refractivity contribution < 1.29 is 31.2 Å². The second-order valence-electron chi connectivity index (χ2n) is 7.79. The van der Waals surface area contributed by atoms with Crippen LogP contribution in [-0.4, -0.2) is 75.3 Å². The topological polar surface area (TPSA) is 98.8 Å². The number of hydrogen-bond donors (Lipinski definition) is 2. The molecule has 2 amide bonds. The molecular formula is C19H24ClF3N4O4S. The van der Waals surface area contributed by atoms with E-state index in [-0.39, 0.29) is 31.3 Å². The summed E-state index contributed by atoms with van der Waals surface area (Å²) in [7, 11) is -4.25. The van der Waals surface area contributed by atoms with Crippen LogP contribution in [0.2, 0.25) is 5.02 Å². The number of piperazine rings is 1. The van der Waals surface area contributed by atoms with Gasteiger partial charge in [0.05, 0.1) is 22.0 Å². The van der Waals surface area contributed by atoms with Crippen molar-refractivity contribution in [2.24, 2.45) is 0 Å². The summed E-state index contributed by atoms with van der Waals surface area (Å²) in [6.07, 6.45) is -2.90. The van der Waals surface area contributed by atoms with Crippen molar-refractivity contribution in [1.29, 1.82) is 0 Å². The highest BCUT2D eigenvalue weighted by molar-refractivity contribution is 7.89. The number of hydrogen-bond acceptors (Lipinski definition) is 5. The van der Waals surface area contributed by atoms with E-state index in [2.05, 4.69) is 10.0 Å². The highest BCUT2D eigenvalue weighted by atomic mass is 35.5. The van der Waals surface area contributed by atoms with Crippen LogP contribution in [-0.2, 0) is 25.8 Å². The molecule has 32 heavy (non-hydrogen) atoms. The largest absolute Gasteiger partial charge is 0.417 e. The molecule has 2 N–H and O–H groups in total. The molecule has 0 spiro atoms. The lowest BCUT2D eigenvalue weighted by Crippen LogP contribution is -2.51. The Hall–Kier alpha value is -1.89. The van der Waals surface area contributed by atoms with Gasteiger partial charge in [-0.3, -0.25) is 14.5 Å². The summed E-state index contributed by atoms with van der Waals surface area (Å²) in [4.78, 5) is 27.2. The van der Waals surface area contributed by atoms with Gasteiger partial charge in [-0.05, 0) is 31.0 Å². The Morgan fingerprint density at radius 3 is 2.38 bits per heavy atom. The van der Waals surface area contributed by atoms with Gasteiger partial charge in [0.1, 0.15) is 0 Å². The van der Waals surface area contributed by atoms with Crippen molar-refractivity contribution in [2.45, 2.75) is 36.4 Å². The number of halogens is 4. The number of benzene rings is 1. The number of carbonyl (C=O) groups excluding carboxylic acids is 2. The van der Waals surface area contributed by atoms with Crippen LogP contribution in [0, 0.1) is 0 Å². The summed E-state index contributed by atoms with van der Waals surface area (Å²) in [6, 6.07) is 2.60. The maximum Gasteiger partial charge on any atom is 0.417 e. The average molecular weight is 497 g/mol. The van der Waals surface area contributed by atoms with Gasteiger partial charge in [-0.2, -0.15) is 13.2 Å².